The Labute approximate surface area is 140 Å². The number of aryl methyl sites for hydroxylation is 2. The number of nitrogens with zero attached hydrogens (tertiary/aromatic N) is 4. The quantitative estimate of drug-likeness (QED) is 0.728. The van der Waals surface area contributed by atoms with Crippen molar-refractivity contribution in [2.45, 2.75) is 25.8 Å². The van der Waals surface area contributed by atoms with Crippen LogP contribution in [0.25, 0.3) is 10.8 Å². The minimum Gasteiger partial charge on any atom is -0.331 e. The molecule has 1 aliphatic heterocycles. The van der Waals surface area contributed by atoms with E-state index in [0.717, 1.165) is 47.0 Å². The van der Waals surface area contributed by atoms with Crippen LogP contribution >= 0.6 is 0 Å². The van der Waals surface area contributed by atoms with E-state index in [9.17, 15) is 4.79 Å². The molecule has 4 rings (SSSR count). The molecule has 0 saturated carbocycles. The third-order valence-corrected chi connectivity index (χ3v) is 4.84. The van der Waals surface area contributed by atoms with Crippen LogP contribution in [0.1, 0.15) is 40.5 Å². The summed E-state index contributed by atoms with van der Waals surface area (Å²) in [5, 5.41) is 6.40. The van der Waals surface area contributed by atoms with Crippen molar-refractivity contribution >= 4 is 16.7 Å². The smallest absolute Gasteiger partial charge is 0.255 e. The highest BCUT2D eigenvalue weighted by Gasteiger charge is 2.33. The van der Waals surface area contributed by atoms with Crippen LogP contribution in [0, 0.1) is 6.92 Å². The monoisotopic (exact) mass is 320 g/mol. The Morgan fingerprint density at radius 1 is 1.29 bits per heavy atom. The van der Waals surface area contributed by atoms with E-state index in [2.05, 4.69) is 10.1 Å². The highest BCUT2D eigenvalue weighted by atomic mass is 16.2. The maximum atomic E-state index is 13.2. The van der Waals surface area contributed by atoms with Crippen LogP contribution in [0.15, 0.2) is 42.9 Å². The van der Waals surface area contributed by atoms with E-state index in [4.69, 9.17) is 0 Å². The molecule has 0 N–H and O–H groups in total. The summed E-state index contributed by atoms with van der Waals surface area (Å²) in [7, 11) is 1.93. The zero-order chi connectivity index (χ0) is 16.7. The molecule has 5 nitrogen and oxygen atoms in total. The number of rotatable bonds is 2. The Balaban J connectivity index is 1.74. The fraction of sp³-hybridized carbons (Fsp3) is 0.316. The Hall–Kier alpha value is -2.69. The second-order valence-electron chi connectivity index (χ2n) is 6.40. The lowest BCUT2D eigenvalue weighted by molar-refractivity contribution is 0.0737. The van der Waals surface area contributed by atoms with E-state index < -0.39 is 0 Å². The van der Waals surface area contributed by atoms with Gasteiger partial charge < -0.3 is 4.90 Å². The third-order valence-electron chi connectivity index (χ3n) is 4.84. The molecular formula is C19H20N4O. The molecular weight excluding hydrogens is 300 g/mol. The van der Waals surface area contributed by atoms with E-state index in [-0.39, 0.29) is 11.9 Å². The first-order valence-electron chi connectivity index (χ1n) is 8.29. The number of carbonyl (C=O) groups is 1. The Kier molecular flexibility index (Phi) is 3.56. The van der Waals surface area contributed by atoms with Gasteiger partial charge in [0.25, 0.3) is 5.91 Å². The molecule has 0 spiro atoms. The number of amides is 1. The highest BCUT2D eigenvalue weighted by Crippen LogP contribution is 2.35. The number of carbonyl (C=O) groups excluding carboxylic acids is 1. The molecule has 122 valence electrons. The zero-order valence-corrected chi connectivity index (χ0v) is 13.9. The van der Waals surface area contributed by atoms with Gasteiger partial charge in [0.05, 0.1) is 11.7 Å². The van der Waals surface area contributed by atoms with Gasteiger partial charge in [-0.3, -0.25) is 14.5 Å². The Morgan fingerprint density at radius 3 is 2.96 bits per heavy atom. The summed E-state index contributed by atoms with van der Waals surface area (Å²) < 4.78 is 1.83. The van der Waals surface area contributed by atoms with E-state index in [1.165, 1.54) is 0 Å². The van der Waals surface area contributed by atoms with Crippen LogP contribution in [0.3, 0.4) is 0 Å². The van der Waals surface area contributed by atoms with Crippen LogP contribution in [-0.4, -0.2) is 32.1 Å². The van der Waals surface area contributed by atoms with Gasteiger partial charge in [0.2, 0.25) is 0 Å². The van der Waals surface area contributed by atoms with Gasteiger partial charge in [-0.05, 0) is 37.3 Å². The van der Waals surface area contributed by atoms with Crippen molar-refractivity contribution in [1.29, 1.82) is 0 Å². The number of hydrogen-bond donors (Lipinski definition) is 0. The van der Waals surface area contributed by atoms with Gasteiger partial charge in [-0.25, -0.2) is 0 Å². The summed E-state index contributed by atoms with van der Waals surface area (Å²) in [6.07, 6.45) is 7.60. The zero-order valence-electron chi connectivity index (χ0n) is 13.9. The summed E-state index contributed by atoms with van der Waals surface area (Å²) in [5.74, 6) is 0.0950. The number of fused-ring (bicyclic) bond motifs is 1. The van der Waals surface area contributed by atoms with Crippen LogP contribution in [0.4, 0.5) is 0 Å². The van der Waals surface area contributed by atoms with Gasteiger partial charge in [0.15, 0.2) is 0 Å². The van der Waals surface area contributed by atoms with E-state index in [1.807, 2.05) is 54.0 Å². The van der Waals surface area contributed by atoms with E-state index in [1.54, 1.807) is 12.4 Å². The maximum Gasteiger partial charge on any atom is 0.255 e. The molecule has 24 heavy (non-hydrogen) atoms. The van der Waals surface area contributed by atoms with Gasteiger partial charge >= 0.3 is 0 Å². The van der Waals surface area contributed by atoms with Gasteiger partial charge in [-0.2, -0.15) is 5.10 Å². The minimum atomic E-state index is 0.0950. The van der Waals surface area contributed by atoms with E-state index >= 15 is 0 Å². The standard InChI is InChI=1S/C19H20N4O/c1-13-17(12-22(2)21-13)18-7-4-10-23(18)19(24)16-6-3-5-14-11-20-9-8-15(14)16/h3,5-6,8-9,11-12,18H,4,7,10H2,1-2H3. The SMILES string of the molecule is Cc1nn(C)cc1C1CCCN1C(=O)c1cccc2cnccc12. The molecule has 1 amide bonds. The minimum absolute atomic E-state index is 0.0950. The lowest BCUT2D eigenvalue weighted by Gasteiger charge is -2.25. The predicted molar refractivity (Wildman–Crippen MR) is 92.7 cm³/mol. The largest absolute Gasteiger partial charge is 0.331 e. The molecule has 3 heterocycles. The van der Waals surface area contributed by atoms with Crippen molar-refractivity contribution in [3.63, 3.8) is 0 Å². The van der Waals surface area contributed by atoms with Crippen molar-refractivity contribution in [1.82, 2.24) is 19.7 Å². The van der Waals surface area contributed by atoms with Gasteiger partial charge in [0, 0.05) is 48.7 Å². The summed E-state index contributed by atoms with van der Waals surface area (Å²) in [6.45, 7) is 2.80. The lowest BCUT2D eigenvalue weighted by Crippen LogP contribution is -2.30. The van der Waals surface area contributed by atoms with Gasteiger partial charge in [-0.1, -0.05) is 12.1 Å². The third kappa shape index (κ3) is 2.37. The molecule has 2 aromatic heterocycles. The predicted octanol–water partition coefficient (Wildman–Crippen LogP) is 3.25. The number of pyridine rings is 1. The first kappa shape index (κ1) is 14.9. The topological polar surface area (TPSA) is 51.0 Å². The fourth-order valence-corrected chi connectivity index (χ4v) is 3.74. The molecule has 1 saturated heterocycles. The number of likely N-dealkylation sites (tertiary alicyclic amines) is 1. The summed E-state index contributed by atoms with van der Waals surface area (Å²) >= 11 is 0. The summed E-state index contributed by atoms with van der Waals surface area (Å²) in [5.41, 5.74) is 2.91. The summed E-state index contributed by atoms with van der Waals surface area (Å²) in [6, 6.07) is 7.87. The molecule has 3 aromatic rings. The molecule has 1 unspecified atom stereocenters. The average Bonchev–Trinajstić information content (AvgIpc) is 3.19. The normalized spacial score (nSPS) is 17.6. The van der Waals surface area contributed by atoms with E-state index in [0.29, 0.717) is 0 Å². The van der Waals surface area contributed by atoms with Crippen molar-refractivity contribution < 1.29 is 4.79 Å². The number of aromatic nitrogens is 3. The number of benzene rings is 1. The van der Waals surface area contributed by atoms with Gasteiger partial charge in [0.1, 0.15) is 0 Å². The molecule has 0 bridgehead atoms. The lowest BCUT2D eigenvalue weighted by atomic mass is 10.0. The molecule has 1 aromatic carbocycles. The van der Waals surface area contributed by atoms with Gasteiger partial charge in [-0.15, -0.1) is 0 Å². The molecule has 5 heteroatoms. The molecule has 0 radical (unpaired) electrons. The van der Waals surface area contributed by atoms with Crippen LogP contribution < -0.4 is 0 Å². The Bertz CT molecular complexity index is 909. The van der Waals surface area contributed by atoms with Crippen molar-refractivity contribution in [2.24, 2.45) is 7.05 Å². The van der Waals surface area contributed by atoms with Crippen LogP contribution in [0.5, 0.6) is 0 Å². The molecule has 1 aliphatic rings. The molecule has 1 fully saturated rings. The Morgan fingerprint density at radius 2 is 2.17 bits per heavy atom. The van der Waals surface area contributed by atoms with Crippen LogP contribution in [-0.2, 0) is 7.05 Å². The summed E-state index contributed by atoms with van der Waals surface area (Å²) in [4.78, 5) is 19.4. The average molecular weight is 320 g/mol. The maximum absolute atomic E-state index is 13.2. The molecule has 0 aliphatic carbocycles. The van der Waals surface area contributed by atoms with Crippen molar-refractivity contribution in [2.75, 3.05) is 6.54 Å². The van der Waals surface area contributed by atoms with Crippen molar-refractivity contribution in [3.8, 4) is 0 Å². The second kappa shape index (κ2) is 5.74. The fourth-order valence-electron chi connectivity index (χ4n) is 3.74. The second-order valence-corrected chi connectivity index (χ2v) is 6.40. The van der Waals surface area contributed by atoms with Crippen LogP contribution in [0.2, 0.25) is 0 Å². The highest BCUT2D eigenvalue weighted by molar-refractivity contribution is 6.07. The first-order valence-corrected chi connectivity index (χ1v) is 8.29. The number of hydrogen-bond acceptors (Lipinski definition) is 3. The molecule has 1 atom stereocenters. The first-order chi connectivity index (χ1) is 11.6. The van der Waals surface area contributed by atoms with Crippen molar-refractivity contribution in [3.05, 3.63) is 59.7 Å².